The van der Waals surface area contributed by atoms with Gasteiger partial charge in [0, 0.05) is 44.5 Å². The Bertz CT molecular complexity index is 764. The molecule has 0 radical (unpaired) electrons. The van der Waals surface area contributed by atoms with Crippen LogP contribution in [0.4, 0.5) is 0 Å². The molecule has 1 spiro atoms. The highest BCUT2D eigenvalue weighted by atomic mass is 16.5. The third kappa shape index (κ3) is 3.84. The maximum absolute atomic E-state index is 12.5. The summed E-state index contributed by atoms with van der Waals surface area (Å²) >= 11 is 0. The number of likely N-dealkylation sites (tertiary alicyclic amines) is 2. The van der Waals surface area contributed by atoms with Crippen molar-refractivity contribution < 1.29 is 9.53 Å². The topological polar surface area (TPSA) is 71.5 Å². The summed E-state index contributed by atoms with van der Waals surface area (Å²) in [5.41, 5.74) is 1.16. The monoisotopic (exact) mass is 367 g/mol. The highest BCUT2D eigenvalue weighted by Crippen LogP contribution is 2.38. The van der Waals surface area contributed by atoms with Crippen LogP contribution in [-0.2, 0) is 11.3 Å². The molecule has 0 bridgehead atoms. The molecule has 142 valence electrons. The van der Waals surface area contributed by atoms with Gasteiger partial charge in [-0.05, 0) is 50.0 Å². The van der Waals surface area contributed by atoms with Gasteiger partial charge in [0.05, 0.1) is 12.1 Å². The summed E-state index contributed by atoms with van der Waals surface area (Å²) in [5.74, 6) is 0.717. The van der Waals surface area contributed by atoms with Crippen LogP contribution in [0.3, 0.4) is 0 Å². The molecule has 0 N–H and O–H groups in total. The third-order valence-electron chi connectivity index (χ3n) is 5.71. The van der Waals surface area contributed by atoms with Crippen molar-refractivity contribution in [3.05, 3.63) is 54.4 Å². The molecule has 1 atom stereocenters. The third-order valence-corrected chi connectivity index (χ3v) is 5.71. The molecule has 0 unspecified atom stereocenters. The quantitative estimate of drug-likeness (QED) is 0.800. The first-order valence-electron chi connectivity index (χ1n) is 9.40. The number of nitrogens with zero attached hydrogens (tertiary/aromatic N) is 5. The Morgan fingerprint density at radius 2 is 2.07 bits per heavy atom. The predicted molar refractivity (Wildman–Crippen MR) is 99.9 cm³/mol. The van der Waals surface area contributed by atoms with E-state index >= 15 is 0 Å². The van der Waals surface area contributed by atoms with Crippen molar-refractivity contribution in [2.45, 2.75) is 25.0 Å². The Morgan fingerprint density at radius 1 is 1.26 bits per heavy atom. The van der Waals surface area contributed by atoms with Crippen molar-refractivity contribution >= 4 is 5.91 Å². The number of carbonyl (C=O) groups is 1. The lowest BCUT2D eigenvalue weighted by Gasteiger charge is -2.58. The zero-order chi connectivity index (χ0) is 18.7. The molecule has 1 amide bonds. The zero-order valence-electron chi connectivity index (χ0n) is 15.6. The molecule has 7 nitrogen and oxygen atoms in total. The second kappa shape index (κ2) is 7.70. The zero-order valence-corrected chi connectivity index (χ0v) is 15.6. The molecule has 4 rings (SSSR count). The number of amides is 1. The first-order chi connectivity index (χ1) is 13.2. The molecule has 2 aliphatic heterocycles. The fourth-order valence-electron chi connectivity index (χ4n) is 4.11. The minimum atomic E-state index is -0.0791. The average Bonchev–Trinajstić information content (AvgIpc) is 2.68. The summed E-state index contributed by atoms with van der Waals surface area (Å²) in [6, 6.07) is 5.68. The molecular weight excluding hydrogens is 342 g/mol. The van der Waals surface area contributed by atoms with E-state index in [1.807, 2.05) is 23.2 Å². The maximum atomic E-state index is 12.5. The highest BCUT2D eigenvalue weighted by Gasteiger charge is 2.51. The van der Waals surface area contributed by atoms with Gasteiger partial charge < -0.3 is 9.64 Å². The van der Waals surface area contributed by atoms with Gasteiger partial charge in [-0.15, -0.1) is 0 Å². The van der Waals surface area contributed by atoms with Gasteiger partial charge in [0.1, 0.15) is 0 Å². The van der Waals surface area contributed by atoms with Crippen LogP contribution in [0.2, 0.25) is 0 Å². The Hall–Kier alpha value is -2.38. The number of aromatic nitrogens is 3. The first-order valence-corrected chi connectivity index (χ1v) is 9.40. The Balaban J connectivity index is 1.30. The van der Waals surface area contributed by atoms with Gasteiger partial charge in [-0.3, -0.25) is 14.7 Å². The molecule has 2 aromatic heterocycles. The molecule has 2 aliphatic rings. The summed E-state index contributed by atoms with van der Waals surface area (Å²) in [6.07, 6.45) is 9.01. The number of rotatable bonds is 5. The van der Waals surface area contributed by atoms with E-state index in [-0.39, 0.29) is 17.3 Å². The fourth-order valence-corrected chi connectivity index (χ4v) is 4.11. The predicted octanol–water partition coefficient (Wildman–Crippen LogP) is 1.62. The van der Waals surface area contributed by atoms with Crippen molar-refractivity contribution in [3.8, 4) is 0 Å². The SMILES string of the molecule is CN1CC[C@@H](COCc2cccnc2)CC12CN(C(=O)c1ncccn1)C2. The molecule has 4 heterocycles. The maximum Gasteiger partial charge on any atom is 0.291 e. The number of carbonyl (C=O) groups excluding carboxylic acids is 1. The van der Waals surface area contributed by atoms with E-state index in [2.05, 4.69) is 26.9 Å². The van der Waals surface area contributed by atoms with Crippen molar-refractivity contribution in [2.75, 3.05) is 33.3 Å². The van der Waals surface area contributed by atoms with Gasteiger partial charge in [0.2, 0.25) is 5.82 Å². The number of pyridine rings is 1. The van der Waals surface area contributed by atoms with Crippen molar-refractivity contribution in [3.63, 3.8) is 0 Å². The normalized spacial score (nSPS) is 21.8. The Labute approximate surface area is 159 Å². The summed E-state index contributed by atoms with van der Waals surface area (Å²) < 4.78 is 5.94. The van der Waals surface area contributed by atoms with Gasteiger partial charge in [-0.2, -0.15) is 0 Å². The largest absolute Gasteiger partial charge is 0.376 e. The van der Waals surface area contributed by atoms with Gasteiger partial charge in [0.15, 0.2) is 0 Å². The van der Waals surface area contributed by atoms with Crippen LogP contribution in [0.5, 0.6) is 0 Å². The standard InChI is InChI=1S/C20H25N5O2/c1-24-9-5-16(12-27-13-17-4-2-6-21-11-17)10-20(24)14-25(15-20)19(26)18-22-7-3-8-23-18/h2-4,6-8,11,16H,5,9-10,12-15H2,1H3/t16-/m1/s1. The molecule has 0 aliphatic carbocycles. The molecule has 2 aromatic rings. The van der Waals surface area contributed by atoms with E-state index in [4.69, 9.17) is 4.74 Å². The van der Waals surface area contributed by atoms with Crippen LogP contribution in [-0.4, -0.2) is 69.5 Å². The van der Waals surface area contributed by atoms with Gasteiger partial charge >= 0.3 is 0 Å². The Morgan fingerprint density at radius 3 is 2.81 bits per heavy atom. The minimum Gasteiger partial charge on any atom is -0.376 e. The molecule has 2 saturated heterocycles. The number of likely N-dealkylation sites (N-methyl/N-ethyl adjacent to an activating group) is 1. The molecular formula is C20H25N5O2. The van der Waals surface area contributed by atoms with Crippen LogP contribution in [0, 0.1) is 5.92 Å². The lowest BCUT2D eigenvalue weighted by Crippen LogP contribution is -2.72. The van der Waals surface area contributed by atoms with E-state index in [9.17, 15) is 4.79 Å². The lowest BCUT2D eigenvalue weighted by molar-refractivity contribution is -0.0771. The second-order valence-electron chi connectivity index (χ2n) is 7.61. The van der Waals surface area contributed by atoms with Crippen LogP contribution in [0.25, 0.3) is 0 Å². The minimum absolute atomic E-state index is 0.0605. The second-order valence-corrected chi connectivity index (χ2v) is 7.61. The number of piperidine rings is 1. The van der Waals surface area contributed by atoms with E-state index in [0.717, 1.165) is 44.6 Å². The summed E-state index contributed by atoms with van der Waals surface area (Å²) in [7, 11) is 2.16. The summed E-state index contributed by atoms with van der Waals surface area (Å²) in [6.45, 7) is 3.85. The highest BCUT2D eigenvalue weighted by molar-refractivity contribution is 5.91. The van der Waals surface area contributed by atoms with Crippen LogP contribution >= 0.6 is 0 Å². The van der Waals surface area contributed by atoms with Gasteiger partial charge in [0.25, 0.3) is 5.91 Å². The molecule has 0 aromatic carbocycles. The average molecular weight is 367 g/mol. The molecule has 27 heavy (non-hydrogen) atoms. The van der Waals surface area contributed by atoms with Gasteiger partial charge in [-0.1, -0.05) is 6.07 Å². The lowest BCUT2D eigenvalue weighted by atomic mass is 9.75. The van der Waals surface area contributed by atoms with E-state index < -0.39 is 0 Å². The van der Waals surface area contributed by atoms with Crippen molar-refractivity contribution in [1.82, 2.24) is 24.8 Å². The molecule has 2 fully saturated rings. The van der Waals surface area contributed by atoms with Gasteiger partial charge in [-0.25, -0.2) is 9.97 Å². The van der Waals surface area contributed by atoms with Crippen molar-refractivity contribution in [2.24, 2.45) is 5.92 Å². The number of hydrogen-bond donors (Lipinski definition) is 0. The van der Waals surface area contributed by atoms with E-state index in [0.29, 0.717) is 12.5 Å². The smallest absolute Gasteiger partial charge is 0.291 e. The van der Waals surface area contributed by atoms with E-state index in [1.165, 1.54) is 0 Å². The number of hydrogen-bond acceptors (Lipinski definition) is 6. The summed E-state index contributed by atoms with van der Waals surface area (Å²) in [4.78, 5) is 29.1. The van der Waals surface area contributed by atoms with Crippen LogP contribution < -0.4 is 0 Å². The van der Waals surface area contributed by atoms with Crippen LogP contribution in [0.15, 0.2) is 43.0 Å². The fraction of sp³-hybridized carbons (Fsp3) is 0.500. The molecule has 0 saturated carbocycles. The first kappa shape index (κ1) is 18.0. The molecule has 7 heteroatoms. The number of ether oxygens (including phenoxy) is 1. The van der Waals surface area contributed by atoms with Crippen molar-refractivity contribution in [1.29, 1.82) is 0 Å². The van der Waals surface area contributed by atoms with E-state index in [1.54, 1.807) is 24.7 Å². The summed E-state index contributed by atoms with van der Waals surface area (Å²) in [5, 5.41) is 0. The Kier molecular flexibility index (Phi) is 5.13. The van der Waals surface area contributed by atoms with Crippen LogP contribution in [0.1, 0.15) is 29.0 Å².